The number of aryl methyl sites for hydroxylation is 3. The van der Waals surface area contributed by atoms with Gasteiger partial charge in [-0.1, -0.05) is 110 Å². The van der Waals surface area contributed by atoms with Crippen molar-refractivity contribution in [1.29, 1.82) is 0 Å². The lowest BCUT2D eigenvalue weighted by Crippen LogP contribution is -1.86. The Bertz CT molecular complexity index is 1320. The second-order valence-corrected chi connectivity index (χ2v) is 10.1. The molecule has 5 rings (SSSR count). The predicted molar refractivity (Wildman–Crippen MR) is 133 cm³/mol. The molecule has 1 unspecified atom stereocenters. The molecule has 0 saturated carbocycles. The number of fused-ring (bicyclic) bond motifs is 1. The van der Waals surface area contributed by atoms with Crippen LogP contribution in [0.1, 0.15) is 16.7 Å². The van der Waals surface area contributed by atoms with Gasteiger partial charge in [0.05, 0.1) is 0 Å². The van der Waals surface area contributed by atoms with Crippen molar-refractivity contribution in [2.75, 3.05) is 0 Å². The number of hydrogen-bond acceptors (Lipinski definition) is 0. The Balaban J connectivity index is 2.00. The van der Waals surface area contributed by atoms with Gasteiger partial charge in [0.1, 0.15) is 0 Å². The first-order valence-electron chi connectivity index (χ1n) is 10.5. The van der Waals surface area contributed by atoms with Gasteiger partial charge in [-0.3, -0.25) is 0 Å². The van der Waals surface area contributed by atoms with Crippen molar-refractivity contribution in [2.45, 2.75) is 20.8 Å². The molecule has 0 bridgehead atoms. The fourth-order valence-electron chi connectivity index (χ4n) is 4.76. The van der Waals surface area contributed by atoms with Crippen LogP contribution in [0, 0.1) is 20.8 Å². The van der Waals surface area contributed by atoms with Crippen LogP contribution >= 0.6 is 7.53 Å². The van der Waals surface area contributed by atoms with E-state index >= 15 is 0 Å². The molecule has 0 aliphatic heterocycles. The van der Waals surface area contributed by atoms with Gasteiger partial charge in [0.15, 0.2) is 0 Å². The summed E-state index contributed by atoms with van der Waals surface area (Å²) in [6.07, 6.45) is 0. The fourth-order valence-corrected chi connectivity index (χ4v) is 7.85. The summed E-state index contributed by atoms with van der Waals surface area (Å²) in [6.45, 7) is 6.76. The van der Waals surface area contributed by atoms with E-state index in [1.54, 1.807) is 0 Å². The summed E-state index contributed by atoms with van der Waals surface area (Å²) >= 11 is 0. The van der Waals surface area contributed by atoms with Crippen molar-refractivity contribution in [3.8, 4) is 27.3 Å². The van der Waals surface area contributed by atoms with E-state index in [0.717, 1.165) is 0 Å². The Morgan fingerprint density at radius 2 is 1.10 bits per heavy atom. The molecule has 1 heterocycles. The summed E-state index contributed by atoms with van der Waals surface area (Å²) < 4.78 is 0. The summed E-state index contributed by atoms with van der Waals surface area (Å²) in [5.41, 5.74) is 8.16. The first kappa shape index (κ1) is 18.9. The Hall–Kier alpha value is -3.08. The zero-order chi connectivity index (χ0) is 20.7. The van der Waals surface area contributed by atoms with Crippen LogP contribution in [0.4, 0.5) is 0 Å². The van der Waals surface area contributed by atoms with E-state index < -0.39 is 7.53 Å². The summed E-state index contributed by atoms with van der Waals surface area (Å²) in [5.74, 6) is 0. The molecule has 0 fully saturated rings. The highest BCUT2D eigenvalue weighted by atomic mass is 31.1. The van der Waals surface area contributed by atoms with E-state index in [-0.39, 0.29) is 0 Å². The highest BCUT2D eigenvalue weighted by molar-refractivity contribution is 7.66. The molecule has 0 N–H and O–H groups in total. The van der Waals surface area contributed by atoms with Crippen LogP contribution in [0.5, 0.6) is 0 Å². The van der Waals surface area contributed by atoms with Gasteiger partial charge in [-0.05, 0) is 48.4 Å². The monoisotopic (exact) mass is 404 g/mol. The first-order chi connectivity index (χ1) is 14.6. The molecular weight excluding hydrogens is 379 g/mol. The largest absolute Gasteiger partial charge is 0.0760 e. The standard InChI is InChI=1S/C29H25P/c1-20-18-21(2)28(22(3)19-20)30-26-17-11-10-16-25(26)27(23-12-6-4-7-13-23)29(30)24-14-8-5-9-15-24/h4-19H,1-3H3. The van der Waals surface area contributed by atoms with Crippen molar-refractivity contribution < 1.29 is 0 Å². The lowest BCUT2D eigenvalue weighted by Gasteiger charge is -2.16. The van der Waals surface area contributed by atoms with E-state index in [0.29, 0.717) is 0 Å². The average molecular weight is 404 g/mol. The van der Waals surface area contributed by atoms with Crippen molar-refractivity contribution in [3.63, 3.8) is 0 Å². The third kappa shape index (κ3) is 3.09. The molecule has 4 aromatic carbocycles. The minimum Gasteiger partial charge on any atom is -0.0760 e. The molecule has 1 heteroatoms. The summed E-state index contributed by atoms with van der Waals surface area (Å²) in [7, 11) is -0.633. The molecule has 1 aromatic heterocycles. The third-order valence-corrected chi connectivity index (χ3v) is 8.80. The van der Waals surface area contributed by atoms with Gasteiger partial charge in [-0.25, -0.2) is 0 Å². The Labute approximate surface area is 179 Å². The fraction of sp³-hybridized carbons (Fsp3) is 0.103. The van der Waals surface area contributed by atoms with Crippen molar-refractivity contribution in [3.05, 3.63) is 114 Å². The highest BCUT2D eigenvalue weighted by Gasteiger charge is 2.23. The zero-order valence-electron chi connectivity index (χ0n) is 17.7. The number of benzene rings is 4. The Morgan fingerprint density at radius 3 is 1.73 bits per heavy atom. The maximum Gasteiger partial charge on any atom is 0.0147 e. The van der Waals surface area contributed by atoms with Gasteiger partial charge < -0.3 is 0 Å². The maximum absolute atomic E-state index is 2.35. The van der Waals surface area contributed by atoms with Crippen LogP contribution in [-0.2, 0) is 0 Å². The Morgan fingerprint density at radius 1 is 0.567 bits per heavy atom. The van der Waals surface area contributed by atoms with Crippen LogP contribution in [0.2, 0.25) is 0 Å². The van der Waals surface area contributed by atoms with Crippen LogP contribution in [0.15, 0.2) is 97.1 Å². The molecule has 146 valence electrons. The molecule has 0 aliphatic carbocycles. The van der Waals surface area contributed by atoms with Gasteiger partial charge in [-0.2, -0.15) is 0 Å². The van der Waals surface area contributed by atoms with Gasteiger partial charge in [0.2, 0.25) is 0 Å². The highest BCUT2D eigenvalue weighted by Crippen LogP contribution is 2.62. The summed E-state index contributed by atoms with van der Waals surface area (Å²) in [5, 5.41) is 5.84. The molecule has 0 radical (unpaired) electrons. The smallest absolute Gasteiger partial charge is 0.0147 e. The second kappa shape index (κ2) is 7.63. The van der Waals surface area contributed by atoms with Gasteiger partial charge in [0, 0.05) is 21.3 Å². The van der Waals surface area contributed by atoms with Crippen LogP contribution in [0.25, 0.3) is 37.8 Å². The van der Waals surface area contributed by atoms with E-state index in [2.05, 4.69) is 118 Å². The molecule has 5 aromatic rings. The van der Waals surface area contributed by atoms with Crippen molar-refractivity contribution >= 4 is 18.0 Å². The van der Waals surface area contributed by atoms with Gasteiger partial charge in [0.25, 0.3) is 0 Å². The van der Waals surface area contributed by atoms with E-state index in [1.807, 2.05) is 0 Å². The minimum absolute atomic E-state index is 0.633. The van der Waals surface area contributed by atoms with Crippen molar-refractivity contribution in [2.24, 2.45) is 0 Å². The first-order valence-corrected chi connectivity index (χ1v) is 11.8. The maximum atomic E-state index is 2.35. The third-order valence-electron chi connectivity index (χ3n) is 5.84. The molecule has 0 nitrogen and oxygen atoms in total. The average Bonchev–Trinajstić information content (AvgIpc) is 3.09. The topological polar surface area (TPSA) is 0 Å². The lowest BCUT2D eigenvalue weighted by molar-refractivity contribution is 1.35. The van der Waals surface area contributed by atoms with Crippen LogP contribution in [-0.4, -0.2) is 0 Å². The van der Waals surface area contributed by atoms with Gasteiger partial charge >= 0.3 is 0 Å². The Kier molecular flexibility index (Phi) is 4.81. The zero-order valence-corrected chi connectivity index (χ0v) is 18.6. The molecule has 0 amide bonds. The number of hydrogen-bond donors (Lipinski definition) is 0. The second-order valence-electron chi connectivity index (χ2n) is 8.06. The van der Waals surface area contributed by atoms with E-state index in [4.69, 9.17) is 0 Å². The molecular formula is C29H25P. The molecule has 0 aliphatic rings. The summed E-state index contributed by atoms with van der Waals surface area (Å²) in [6, 6.07) is 35.6. The minimum atomic E-state index is -0.633. The lowest BCUT2D eigenvalue weighted by atomic mass is 9.99. The molecule has 1 atom stereocenters. The quantitative estimate of drug-likeness (QED) is 0.281. The predicted octanol–water partition coefficient (Wildman–Crippen LogP) is 9.07. The van der Waals surface area contributed by atoms with E-state index in [1.165, 1.54) is 54.5 Å². The SMILES string of the molecule is Cc1cc(C)c(-p2c(-c3ccccc3)c(-c3ccccc3)c3ccccc32)c(C)c1. The normalized spacial score (nSPS) is 11.8. The molecule has 0 spiro atoms. The molecule has 30 heavy (non-hydrogen) atoms. The summed E-state index contributed by atoms with van der Waals surface area (Å²) in [4.78, 5) is 0. The number of rotatable bonds is 3. The van der Waals surface area contributed by atoms with E-state index in [9.17, 15) is 0 Å². The van der Waals surface area contributed by atoms with Gasteiger partial charge in [-0.15, -0.1) is 0 Å². The van der Waals surface area contributed by atoms with Crippen LogP contribution < -0.4 is 0 Å². The van der Waals surface area contributed by atoms with Crippen LogP contribution in [0.3, 0.4) is 0 Å². The molecule has 0 saturated heterocycles. The van der Waals surface area contributed by atoms with Crippen molar-refractivity contribution in [1.82, 2.24) is 0 Å².